The Morgan fingerprint density at radius 1 is 1.00 bits per heavy atom. The Bertz CT molecular complexity index is 1510. The molecule has 2 aliphatic carbocycles. The van der Waals surface area contributed by atoms with Gasteiger partial charge in [-0.15, -0.1) is 0 Å². The van der Waals surface area contributed by atoms with Gasteiger partial charge in [-0.2, -0.15) is 5.10 Å². The van der Waals surface area contributed by atoms with Gasteiger partial charge in [0.05, 0.1) is 12.4 Å². The highest BCUT2D eigenvalue weighted by molar-refractivity contribution is 5.68. The Labute approximate surface area is 289 Å². The van der Waals surface area contributed by atoms with E-state index >= 15 is 0 Å². The summed E-state index contributed by atoms with van der Waals surface area (Å²) in [5.74, 6) is 0.583. The van der Waals surface area contributed by atoms with Gasteiger partial charge in [0.1, 0.15) is 17.9 Å². The van der Waals surface area contributed by atoms with E-state index in [1.807, 2.05) is 67.7 Å². The van der Waals surface area contributed by atoms with Crippen LogP contribution in [0.4, 0.5) is 19.9 Å². The van der Waals surface area contributed by atoms with Gasteiger partial charge < -0.3 is 25.0 Å². The minimum absolute atomic E-state index is 0.0558. The van der Waals surface area contributed by atoms with Gasteiger partial charge in [-0.3, -0.25) is 4.68 Å². The average molecular weight is 678 g/mol. The first kappa shape index (κ1) is 36.1. The molecule has 2 aromatic heterocycles. The van der Waals surface area contributed by atoms with Gasteiger partial charge >= 0.3 is 12.2 Å². The summed E-state index contributed by atoms with van der Waals surface area (Å²) < 4.78 is 27.9. The molecule has 0 saturated heterocycles. The topological polar surface area (TPSA) is 124 Å². The minimum Gasteiger partial charge on any atom is -0.445 e. The summed E-state index contributed by atoms with van der Waals surface area (Å²) >= 11 is 0. The molecule has 3 aromatic rings. The van der Waals surface area contributed by atoms with E-state index in [1.165, 1.54) is 19.0 Å². The van der Waals surface area contributed by atoms with E-state index in [4.69, 9.17) is 9.47 Å². The van der Waals surface area contributed by atoms with Gasteiger partial charge in [-0.1, -0.05) is 43.2 Å². The van der Waals surface area contributed by atoms with Crippen LogP contribution >= 0.6 is 0 Å². The largest absolute Gasteiger partial charge is 0.445 e. The lowest BCUT2D eigenvalue weighted by Gasteiger charge is -2.36. The van der Waals surface area contributed by atoms with E-state index in [0.717, 1.165) is 74.6 Å². The van der Waals surface area contributed by atoms with E-state index < -0.39 is 17.5 Å². The normalized spacial score (nSPS) is 17.7. The maximum Gasteiger partial charge on any atom is 0.410 e. The number of benzene rings is 1. The van der Waals surface area contributed by atoms with E-state index in [0.29, 0.717) is 25.0 Å². The number of carbonyl (C=O) groups excluding carboxylic acids is 2. The monoisotopic (exact) mass is 677 g/mol. The molecule has 5 rings (SSSR count). The summed E-state index contributed by atoms with van der Waals surface area (Å²) in [6.07, 6.45) is 12.3. The molecule has 0 atom stereocenters. The molecule has 2 amide bonds. The molecule has 0 unspecified atom stereocenters. The van der Waals surface area contributed by atoms with Crippen molar-refractivity contribution in [2.75, 3.05) is 18.4 Å². The fourth-order valence-corrected chi connectivity index (χ4v) is 6.33. The molecule has 0 spiro atoms. The molecule has 1 aromatic carbocycles. The minimum atomic E-state index is -0.518. The van der Waals surface area contributed by atoms with E-state index in [-0.39, 0.29) is 30.5 Å². The predicted molar refractivity (Wildman–Crippen MR) is 186 cm³/mol. The lowest BCUT2D eigenvalue weighted by molar-refractivity contribution is 0.0526. The highest BCUT2D eigenvalue weighted by Crippen LogP contribution is 2.36. The van der Waals surface area contributed by atoms with Crippen LogP contribution in [0.1, 0.15) is 96.2 Å². The van der Waals surface area contributed by atoms with Gasteiger partial charge in [0.15, 0.2) is 5.82 Å². The van der Waals surface area contributed by atoms with Crippen LogP contribution in [0.3, 0.4) is 0 Å². The molecular formula is C37H52FN7O4. The van der Waals surface area contributed by atoms with Gasteiger partial charge in [-0.25, -0.2) is 23.9 Å². The average Bonchev–Trinajstić information content (AvgIpc) is 3.83. The Morgan fingerprint density at radius 3 is 2.45 bits per heavy atom. The number of aryl methyl sites for hydroxylation is 1. The lowest BCUT2D eigenvalue weighted by atomic mass is 9.90. The fraction of sp³-hybridized carbons (Fsp3) is 0.595. The van der Waals surface area contributed by atoms with Gasteiger partial charge in [0, 0.05) is 43.5 Å². The van der Waals surface area contributed by atoms with Crippen LogP contribution in [0.5, 0.6) is 0 Å². The second kappa shape index (κ2) is 16.9. The summed E-state index contributed by atoms with van der Waals surface area (Å²) in [5.41, 5.74) is 2.44. The third-order valence-corrected chi connectivity index (χ3v) is 9.14. The zero-order chi connectivity index (χ0) is 34.8. The van der Waals surface area contributed by atoms with Crippen LogP contribution in [0.15, 0.2) is 42.7 Å². The highest BCUT2D eigenvalue weighted by atomic mass is 19.1. The molecule has 2 heterocycles. The summed E-state index contributed by atoms with van der Waals surface area (Å²) in [6, 6.07) is 9.87. The molecule has 0 radical (unpaired) electrons. The molecule has 0 bridgehead atoms. The third kappa shape index (κ3) is 11.2. The van der Waals surface area contributed by atoms with Crippen molar-refractivity contribution in [1.29, 1.82) is 0 Å². The Morgan fingerprint density at radius 2 is 1.73 bits per heavy atom. The molecule has 266 valence electrons. The van der Waals surface area contributed by atoms with Gasteiger partial charge in [-0.05, 0) is 90.0 Å². The number of amides is 2. The maximum absolute atomic E-state index is 15.0. The van der Waals surface area contributed by atoms with Crippen LogP contribution in [-0.2, 0) is 29.5 Å². The first-order chi connectivity index (χ1) is 23.6. The van der Waals surface area contributed by atoms with Crippen LogP contribution in [0, 0.1) is 11.7 Å². The van der Waals surface area contributed by atoms with Crippen molar-refractivity contribution in [2.45, 2.75) is 116 Å². The molecular weight excluding hydrogens is 625 g/mol. The van der Waals surface area contributed by atoms with Crippen molar-refractivity contribution < 1.29 is 23.5 Å². The number of hydrogen-bond acceptors (Lipinski definition) is 8. The second-order valence-corrected chi connectivity index (χ2v) is 14.4. The molecule has 12 heteroatoms. The Kier molecular flexibility index (Phi) is 12.5. The van der Waals surface area contributed by atoms with Gasteiger partial charge in [0.2, 0.25) is 5.95 Å². The molecule has 49 heavy (non-hydrogen) atoms. The summed E-state index contributed by atoms with van der Waals surface area (Å²) in [6.45, 7) is 6.92. The van der Waals surface area contributed by atoms with Crippen molar-refractivity contribution in [2.24, 2.45) is 13.0 Å². The molecule has 2 fully saturated rings. The van der Waals surface area contributed by atoms with E-state index in [1.54, 1.807) is 6.20 Å². The smallest absolute Gasteiger partial charge is 0.410 e. The van der Waals surface area contributed by atoms with Crippen molar-refractivity contribution in [1.82, 2.24) is 30.0 Å². The summed E-state index contributed by atoms with van der Waals surface area (Å²) in [5, 5.41) is 10.6. The van der Waals surface area contributed by atoms with Crippen molar-refractivity contribution in [3.05, 3.63) is 59.8 Å². The lowest BCUT2D eigenvalue weighted by Crippen LogP contribution is -2.44. The van der Waals surface area contributed by atoms with Gasteiger partial charge in [0.25, 0.3) is 0 Å². The number of aromatic nitrogens is 4. The molecule has 2 aliphatic rings. The number of nitrogens with zero attached hydrogens (tertiary/aromatic N) is 5. The van der Waals surface area contributed by atoms with Crippen LogP contribution in [0.2, 0.25) is 0 Å². The standard InChI is InChI=1S/C37H52FN7O4/c1-37(2,3)49-35(46)39-20-10-5-6-11-21-45(36(47)48-25-27-12-8-7-9-13-27)29-18-16-28(17-19-29)42-34-40-24-31(38)33(43-34)30-23-41-44(4)32(30)22-26-14-15-26/h7-9,12-13,23-24,26,28-29H,5-6,10-11,14-22,25H2,1-4H3,(H,39,46)(H,40,42,43). The second-order valence-electron chi connectivity index (χ2n) is 14.4. The first-order valence-corrected chi connectivity index (χ1v) is 17.8. The van der Waals surface area contributed by atoms with E-state index in [2.05, 4.69) is 25.7 Å². The summed E-state index contributed by atoms with van der Waals surface area (Å²) in [4.78, 5) is 36.1. The number of hydrogen-bond donors (Lipinski definition) is 2. The fourth-order valence-electron chi connectivity index (χ4n) is 6.33. The van der Waals surface area contributed by atoms with E-state index in [9.17, 15) is 14.0 Å². The molecule has 11 nitrogen and oxygen atoms in total. The van der Waals surface area contributed by atoms with Crippen LogP contribution < -0.4 is 10.6 Å². The highest BCUT2D eigenvalue weighted by Gasteiger charge is 2.31. The number of alkyl carbamates (subject to hydrolysis) is 1. The van der Waals surface area contributed by atoms with Crippen molar-refractivity contribution in [3.8, 4) is 11.3 Å². The summed E-state index contributed by atoms with van der Waals surface area (Å²) in [7, 11) is 1.89. The number of carbonyl (C=O) groups is 2. The van der Waals surface area contributed by atoms with Crippen molar-refractivity contribution >= 4 is 18.1 Å². The molecule has 0 aliphatic heterocycles. The number of unbranched alkanes of at least 4 members (excludes halogenated alkanes) is 3. The Hall–Kier alpha value is -4.22. The maximum atomic E-state index is 15.0. The third-order valence-electron chi connectivity index (χ3n) is 9.14. The number of halogens is 1. The number of anilines is 1. The first-order valence-electron chi connectivity index (χ1n) is 17.8. The number of nitrogens with one attached hydrogen (secondary N) is 2. The van der Waals surface area contributed by atoms with Crippen molar-refractivity contribution in [3.63, 3.8) is 0 Å². The number of rotatable bonds is 15. The predicted octanol–water partition coefficient (Wildman–Crippen LogP) is 7.42. The van der Waals surface area contributed by atoms with Crippen LogP contribution in [-0.4, -0.2) is 67.6 Å². The quantitative estimate of drug-likeness (QED) is 0.159. The molecule has 2 saturated carbocycles. The zero-order valence-corrected chi connectivity index (χ0v) is 29.4. The zero-order valence-electron chi connectivity index (χ0n) is 29.4. The molecule has 2 N–H and O–H groups in total. The Balaban J connectivity index is 1.13. The van der Waals surface area contributed by atoms with Crippen LogP contribution in [0.25, 0.3) is 11.3 Å². The number of ether oxygens (including phenoxy) is 2. The SMILES string of the molecule is Cn1ncc(-c2nc(NC3CCC(N(CCCCCCNC(=O)OC(C)(C)C)C(=O)OCc4ccccc4)CC3)ncc2F)c1CC1CC1.